The van der Waals surface area contributed by atoms with Gasteiger partial charge in [0, 0.05) is 25.3 Å². The molecule has 1 fully saturated rings. The Morgan fingerprint density at radius 2 is 2.06 bits per heavy atom. The molecule has 100 valence electrons. The molecule has 3 nitrogen and oxygen atoms in total. The minimum atomic E-state index is 0.534. The van der Waals surface area contributed by atoms with Gasteiger partial charge in [-0.3, -0.25) is 4.98 Å². The standard InChI is InChI=1S/C15H25N3/c1-13-6-7-15(17-10-13)11-16-14(2)12-18-8-4-3-5-9-18/h6-7,10,14,16H,3-5,8-9,11-12H2,1-2H3. The second-order valence-corrected chi connectivity index (χ2v) is 5.47. The highest BCUT2D eigenvalue weighted by atomic mass is 15.1. The van der Waals surface area contributed by atoms with Crippen LogP contribution < -0.4 is 5.32 Å². The number of hydrogen-bond acceptors (Lipinski definition) is 3. The average Bonchev–Trinajstić information content (AvgIpc) is 2.39. The van der Waals surface area contributed by atoms with E-state index in [9.17, 15) is 0 Å². The lowest BCUT2D eigenvalue weighted by Gasteiger charge is -2.29. The molecule has 1 aliphatic heterocycles. The summed E-state index contributed by atoms with van der Waals surface area (Å²) >= 11 is 0. The fourth-order valence-corrected chi connectivity index (χ4v) is 2.48. The molecular weight excluding hydrogens is 222 g/mol. The lowest BCUT2D eigenvalue weighted by molar-refractivity contribution is 0.208. The number of hydrogen-bond donors (Lipinski definition) is 1. The second-order valence-electron chi connectivity index (χ2n) is 5.47. The van der Waals surface area contributed by atoms with Gasteiger partial charge < -0.3 is 10.2 Å². The molecule has 0 radical (unpaired) electrons. The summed E-state index contributed by atoms with van der Waals surface area (Å²) in [5, 5.41) is 3.56. The minimum Gasteiger partial charge on any atom is -0.307 e. The average molecular weight is 247 g/mol. The number of likely N-dealkylation sites (tertiary alicyclic amines) is 1. The van der Waals surface area contributed by atoms with Gasteiger partial charge in [0.1, 0.15) is 0 Å². The van der Waals surface area contributed by atoms with E-state index in [0.717, 1.165) is 18.8 Å². The van der Waals surface area contributed by atoms with Crippen LogP contribution in [0.25, 0.3) is 0 Å². The summed E-state index contributed by atoms with van der Waals surface area (Å²) < 4.78 is 0. The van der Waals surface area contributed by atoms with Gasteiger partial charge in [-0.25, -0.2) is 0 Å². The van der Waals surface area contributed by atoms with Crippen molar-refractivity contribution in [3.05, 3.63) is 29.6 Å². The van der Waals surface area contributed by atoms with E-state index in [0.29, 0.717) is 6.04 Å². The van der Waals surface area contributed by atoms with Crippen molar-refractivity contribution in [3.8, 4) is 0 Å². The van der Waals surface area contributed by atoms with Gasteiger partial charge in [-0.1, -0.05) is 12.5 Å². The molecule has 1 aliphatic rings. The summed E-state index contributed by atoms with van der Waals surface area (Å²) in [6, 6.07) is 4.76. The summed E-state index contributed by atoms with van der Waals surface area (Å²) in [5.74, 6) is 0. The third kappa shape index (κ3) is 4.39. The van der Waals surface area contributed by atoms with E-state index in [4.69, 9.17) is 0 Å². The molecule has 1 saturated heterocycles. The molecule has 1 N–H and O–H groups in total. The number of aromatic nitrogens is 1. The van der Waals surface area contributed by atoms with Crippen LogP contribution in [0.1, 0.15) is 37.4 Å². The highest BCUT2D eigenvalue weighted by Crippen LogP contribution is 2.09. The molecule has 0 bridgehead atoms. The van der Waals surface area contributed by atoms with Crippen LogP contribution in [0.4, 0.5) is 0 Å². The van der Waals surface area contributed by atoms with E-state index in [2.05, 4.69) is 41.2 Å². The summed E-state index contributed by atoms with van der Waals surface area (Å²) in [5.41, 5.74) is 2.35. The van der Waals surface area contributed by atoms with Crippen molar-refractivity contribution in [2.45, 2.75) is 45.7 Å². The molecule has 0 saturated carbocycles. The molecule has 1 atom stereocenters. The van der Waals surface area contributed by atoms with Gasteiger partial charge in [0.2, 0.25) is 0 Å². The zero-order chi connectivity index (χ0) is 12.8. The van der Waals surface area contributed by atoms with Crippen molar-refractivity contribution in [3.63, 3.8) is 0 Å². The van der Waals surface area contributed by atoms with Crippen LogP contribution in [0.15, 0.2) is 18.3 Å². The fourth-order valence-electron chi connectivity index (χ4n) is 2.48. The third-order valence-corrected chi connectivity index (χ3v) is 3.59. The summed E-state index contributed by atoms with van der Waals surface area (Å²) in [7, 11) is 0. The van der Waals surface area contributed by atoms with Crippen LogP contribution >= 0.6 is 0 Å². The number of rotatable bonds is 5. The van der Waals surface area contributed by atoms with E-state index in [1.54, 1.807) is 0 Å². The quantitative estimate of drug-likeness (QED) is 0.865. The van der Waals surface area contributed by atoms with E-state index in [1.807, 2.05) is 6.20 Å². The first-order chi connectivity index (χ1) is 8.74. The Kier molecular flexibility index (Phi) is 5.14. The van der Waals surface area contributed by atoms with Crippen LogP contribution in [0.2, 0.25) is 0 Å². The molecule has 2 rings (SSSR count). The molecule has 0 aliphatic carbocycles. The van der Waals surface area contributed by atoms with Crippen LogP contribution in [0, 0.1) is 6.92 Å². The van der Waals surface area contributed by atoms with Crippen molar-refractivity contribution in [2.24, 2.45) is 0 Å². The first-order valence-corrected chi connectivity index (χ1v) is 7.11. The lowest BCUT2D eigenvalue weighted by Crippen LogP contribution is -2.41. The SMILES string of the molecule is Cc1ccc(CNC(C)CN2CCCCC2)nc1. The fraction of sp³-hybridized carbons (Fsp3) is 0.667. The smallest absolute Gasteiger partial charge is 0.0541 e. The van der Waals surface area contributed by atoms with Gasteiger partial charge >= 0.3 is 0 Å². The van der Waals surface area contributed by atoms with Gasteiger partial charge in [-0.15, -0.1) is 0 Å². The first kappa shape index (κ1) is 13.5. The minimum absolute atomic E-state index is 0.534. The molecule has 2 heterocycles. The number of nitrogens with zero attached hydrogens (tertiary/aromatic N) is 2. The van der Waals surface area contributed by atoms with E-state index in [1.165, 1.54) is 37.9 Å². The van der Waals surface area contributed by atoms with Gasteiger partial charge in [0.05, 0.1) is 5.69 Å². The zero-order valence-electron chi connectivity index (χ0n) is 11.7. The molecule has 3 heteroatoms. The number of nitrogens with one attached hydrogen (secondary N) is 1. The van der Waals surface area contributed by atoms with Gasteiger partial charge in [-0.2, -0.15) is 0 Å². The van der Waals surface area contributed by atoms with Crippen molar-refractivity contribution in [2.75, 3.05) is 19.6 Å². The highest BCUT2D eigenvalue weighted by molar-refractivity contribution is 5.12. The Morgan fingerprint density at radius 3 is 2.72 bits per heavy atom. The molecule has 0 spiro atoms. The summed E-state index contributed by atoms with van der Waals surface area (Å²) in [6.07, 6.45) is 6.08. The molecule has 1 aromatic rings. The molecule has 0 amide bonds. The van der Waals surface area contributed by atoms with E-state index in [-0.39, 0.29) is 0 Å². The maximum absolute atomic E-state index is 4.42. The first-order valence-electron chi connectivity index (χ1n) is 7.11. The molecular formula is C15H25N3. The number of piperidine rings is 1. The van der Waals surface area contributed by atoms with Gasteiger partial charge in [0.15, 0.2) is 0 Å². The maximum atomic E-state index is 4.42. The maximum Gasteiger partial charge on any atom is 0.0541 e. The molecule has 0 aromatic carbocycles. The summed E-state index contributed by atoms with van der Waals surface area (Å²) in [6.45, 7) is 8.91. The Labute approximate surface area is 111 Å². The van der Waals surface area contributed by atoms with Crippen LogP contribution in [0.3, 0.4) is 0 Å². The Bertz CT molecular complexity index is 341. The predicted octanol–water partition coefficient (Wildman–Crippen LogP) is 2.35. The lowest BCUT2D eigenvalue weighted by atomic mass is 10.1. The van der Waals surface area contributed by atoms with Crippen molar-refractivity contribution < 1.29 is 0 Å². The van der Waals surface area contributed by atoms with Crippen LogP contribution in [0.5, 0.6) is 0 Å². The van der Waals surface area contributed by atoms with E-state index < -0.39 is 0 Å². The van der Waals surface area contributed by atoms with E-state index >= 15 is 0 Å². The largest absolute Gasteiger partial charge is 0.307 e. The molecule has 18 heavy (non-hydrogen) atoms. The Morgan fingerprint density at radius 1 is 1.28 bits per heavy atom. The zero-order valence-corrected chi connectivity index (χ0v) is 11.7. The van der Waals surface area contributed by atoms with Crippen molar-refractivity contribution in [1.82, 2.24) is 15.2 Å². The van der Waals surface area contributed by atoms with Crippen molar-refractivity contribution in [1.29, 1.82) is 0 Å². The van der Waals surface area contributed by atoms with Gasteiger partial charge in [-0.05, 0) is 51.4 Å². The Balaban J connectivity index is 1.70. The number of pyridine rings is 1. The second kappa shape index (κ2) is 6.86. The summed E-state index contributed by atoms with van der Waals surface area (Å²) in [4.78, 5) is 6.99. The normalized spacial score (nSPS) is 18.8. The molecule has 1 unspecified atom stereocenters. The van der Waals surface area contributed by atoms with Crippen LogP contribution in [-0.2, 0) is 6.54 Å². The highest BCUT2D eigenvalue weighted by Gasteiger charge is 2.12. The van der Waals surface area contributed by atoms with Gasteiger partial charge in [0.25, 0.3) is 0 Å². The molecule has 1 aromatic heterocycles. The van der Waals surface area contributed by atoms with Crippen molar-refractivity contribution >= 4 is 0 Å². The van der Waals surface area contributed by atoms with Crippen LogP contribution in [-0.4, -0.2) is 35.6 Å². The topological polar surface area (TPSA) is 28.2 Å². The Hall–Kier alpha value is -0.930. The number of aryl methyl sites for hydroxylation is 1. The monoisotopic (exact) mass is 247 g/mol. The third-order valence-electron chi connectivity index (χ3n) is 3.59. The predicted molar refractivity (Wildman–Crippen MR) is 75.6 cm³/mol.